The Kier molecular flexibility index (Phi) is 6.75. The molecule has 0 saturated carbocycles. The van der Waals surface area contributed by atoms with Crippen molar-refractivity contribution in [1.82, 2.24) is 0 Å². The minimum atomic E-state index is -1.17. The maximum atomic E-state index is 12.1. The van der Waals surface area contributed by atoms with E-state index >= 15 is 0 Å². The number of carboxylic acid groups (broad SMARTS) is 1. The molecule has 6 heteroatoms. The molecule has 0 aliphatic carbocycles. The van der Waals surface area contributed by atoms with Crippen LogP contribution in [0.2, 0.25) is 0 Å². The van der Waals surface area contributed by atoms with E-state index in [0.717, 1.165) is 5.56 Å². The van der Waals surface area contributed by atoms with Gasteiger partial charge in [-0.1, -0.05) is 30.3 Å². The number of benzene rings is 1. The van der Waals surface area contributed by atoms with Crippen molar-refractivity contribution >= 4 is 17.9 Å². The van der Waals surface area contributed by atoms with Crippen molar-refractivity contribution < 1.29 is 29.0 Å². The molecule has 1 rings (SSSR count). The molecule has 0 unspecified atom stereocenters. The SMILES string of the molecule is CC(C)(C)OC(=O)C[C@H](CC(=O)O)C(=O)OCc1ccccc1. The normalized spacial score (nSPS) is 12.3. The summed E-state index contributed by atoms with van der Waals surface area (Å²) in [6.07, 6.45) is -0.802. The van der Waals surface area contributed by atoms with Crippen LogP contribution in [-0.2, 0) is 30.5 Å². The van der Waals surface area contributed by atoms with Crippen molar-refractivity contribution in [3.63, 3.8) is 0 Å². The van der Waals surface area contributed by atoms with Crippen LogP contribution in [-0.4, -0.2) is 28.6 Å². The first-order chi connectivity index (χ1) is 10.7. The molecular weight excluding hydrogens is 300 g/mol. The number of esters is 2. The Balaban J connectivity index is 2.63. The molecule has 1 atom stereocenters. The zero-order valence-electron chi connectivity index (χ0n) is 13.6. The number of rotatable bonds is 7. The Bertz CT molecular complexity index is 544. The number of carbonyl (C=O) groups excluding carboxylic acids is 2. The first kappa shape index (κ1) is 18.7. The third-order valence-electron chi connectivity index (χ3n) is 2.81. The zero-order chi connectivity index (χ0) is 17.5. The Morgan fingerprint density at radius 2 is 1.70 bits per heavy atom. The molecule has 0 aromatic heterocycles. The second kappa shape index (κ2) is 8.31. The van der Waals surface area contributed by atoms with Crippen LogP contribution in [0.5, 0.6) is 0 Å². The Labute approximate surface area is 135 Å². The van der Waals surface area contributed by atoms with Crippen molar-refractivity contribution in [3.8, 4) is 0 Å². The summed E-state index contributed by atoms with van der Waals surface area (Å²) in [5.74, 6) is -3.58. The van der Waals surface area contributed by atoms with Gasteiger partial charge in [-0.25, -0.2) is 0 Å². The summed E-state index contributed by atoms with van der Waals surface area (Å²) in [4.78, 5) is 34.8. The van der Waals surface area contributed by atoms with E-state index in [0.29, 0.717) is 0 Å². The van der Waals surface area contributed by atoms with Crippen molar-refractivity contribution in [2.24, 2.45) is 5.92 Å². The molecule has 126 valence electrons. The molecule has 0 fully saturated rings. The van der Waals surface area contributed by atoms with Crippen LogP contribution >= 0.6 is 0 Å². The maximum Gasteiger partial charge on any atom is 0.310 e. The molecule has 0 amide bonds. The second-order valence-electron chi connectivity index (χ2n) is 6.18. The van der Waals surface area contributed by atoms with Crippen LogP contribution in [0, 0.1) is 5.92 Å². The zero-order valence-corrected chi connectivity index (χ0v) is 13.6. The average Bonchev–Trinajstić information content (AvgIpc) is 2.42. The van der Waals surface area contributed by atoms with Gasteiger partial charge in [0, 0.05) is 0 Å². The Morgan fingerprint density at radius 1 is 1.09 bits per heavy atom. The summed E-state index contributed by atoms with van der Waals surface area (Å²) in [7, 11) is 0. The van der Waals surface area contributed by atoms with E-state index in [1.807, 2.05) is 6.07 Å². The van der Waals surface area contributed by atoms with Gasteiger partial charge in [-0.05, 0) is 26.3 Å². The number of carboxylic acids is 1. The predicted molar refractivity (Wildman–Crippen MR) is 82.4 cm³/mol. The van der Waals surface area contributed by atoms with Gasteiger partial charge in [-0.3, -0.25) is 14.4 Å². The van der Waals surface area contributed by atoms with Gasteiger partial charge < -0.3 is 14.6 Å². The lowest BCUT2D eigenvalue weighted by Crippen LogP contribution is -2.29. The van der Waals surface area contributed by atoms with Gasteiger partial charge in [-0.2, -0.15) is 0 Å². The molecule has 6 nitrogen and oxygen atoms in total. The van der Waals surface area contributed by atoms with Crippen LogP contribution in [0.15, 0.2) is 30.3 Å². The van der Waals surface area contributed by atoms with E-state index in [1.165, 1.54) is 0 Å². The average molecular weight is 322 g/mol. The first-order valence-electron chi connectivity index (χ1n) is 7.31. The van der Waals surface area contributed by atoms with Gasteiger partial charge in [0.05, 0.1) is 18.8 Å². The van der Waals surface area contributed by atoms with Crippen molar-refractivity contribution in [1.29, 1.82) is 0 Å². The lowest BCUT2D eigenvalue weighted by atomic mass is 10.0. The number of carbonyl (C=O) groups is 3. The fraction of sp³-hybridized carbons (Fsp3) is 0.471. The highest BCUT2D eigenvalue weighted by Gasteiger charge is 2.28. The van der Waals surface area contributed by atoms with Crippen LogP contribution in [0.4, 0.5) is 0 Å². The number of ether oxygens (including phenoxy) is 2. The quantitative estimate of drug-likeness (QED) is 0.776. The summed E-state index contributed by atoms with van der Waals surface area (Å²) in [6, 6.07) is 9.01. The van der Waals surface area contributed by atoms with Crippen LogP contribution in [0.1, 0.15) is 39.2 Å². The minimum Gasteiger partial charge on any atom is -0.481 e. The van der Waals surface area contributed by atoms with E-state index in [-0.39, 0.29) is 13.0 Å². The lowest BCUT2D eigenvalue weighted by Gasteiger charge is -2.21. The summed E-state index contributed by atoms with van der Waals surface area (Å²) >= 11 is 0. The minimum absolute atomic E-state index is 0.0319. The van der Waals surface area contributed by atoms with Crippen molar-refractivity contribution in [2.45, 2.75) is 45.8 Å². The number of aliphatic carboxylic acids is 1. The second-order valence-corrected chi connectivity index (χ2v) is 6.18. The topological polar surface area (TPSA) is 89.9 Å². The van der Waals surface area contributed by atoms with Crippen LogP contribution < -0.4 is 0 Å². The highest BCUT2D eigenvalue weighted by atomic mass is 16.6. The summed E-state index contributed by atoms with van der Waals surface area (Å²) in [6.45, 7) is 5.13. The predicted octanol–water partition coefficient (Wildman–Crippen LogP) is 2.55. The van der Waals surface area contributed by atoms with Gasteiger partial charge in [0.15, 0.2) is 0 Å². The molecule has 0 spiro atoms. The molecular formula is C17H22O6. The van der Waals surface area contributed by atoms with E-state index in [1.54, 1.807) is 45.0 Å². The molecule has 23 heavy (non-hydrogen) atoms. The number of hydrogen-bond acceptors (Lipinski definition) is 5. The third kappa shape index (κ3) is 7.99. The van der Waals surface area contributed by atoms with Crippen molar-refractivity contribution in [3.05, 3.63) is 35.9 Å². The smallest absolute Gasteiger partial charge is 0.310 e. The van der Waals surface area contributed by atoms with Gasteiger partial charge >= 0.3 is 17.9 Å². The molecule has 0 heterocycles. The van der Waals surface area contributed by atoms with Gasteiger partial charge in [0.1, 0.15) is 12.2 Å². The van der Waals surface area contributed by atoms with Gasteiger partial charge in [-0.15, -0.1) is 0 Å². The van der Waals surface area contributed by atoms with Crippen molar-refractivity contribution in [2.75, 3.05) is 0 Å². The lowest BCUT2D eigenvalue weighted by molar-refractivity contribution is -0.163. The van der Waals surface area contributed by atoms with E-state index in [2.05, 4.69) is 0 Å². The third-order valence-corrected chi connectivity index (χ3v) is 2.81. The van der Waals surface area contributed by atoms with E-state index in [4.69, 9.17) is 14.6 Å². The summed E-state index contributed by atoms with van der Waals surface area (Å²) < 4.78 is 10.2. The molecule has 1 N–H and O–H groups in total. The molecule has 1 aromatic carbocycles. The maximum absolute atomic E-state index is 12.1. The molecule has 1 aromatic rings. The molecule has 0 saturated heterocycles. The Hall–Kier alpha value is -2.37. The fourth-order valence-corrected chi connectivity index (χ4v) is 1.88. The van der Waals surface area contributed by atoms with Crippen LogP contribution in [0.25, 0.3) is 0 Å². The number of hydrogen-bond donors (Lipinski definition) is 1. The van der Waals surface area contributed by atoms with E-state index in [9.17, 15) is 14.4 Å². The van der Waals surface area contributed by atoms with Gasteiger partial charge in [0.25, 0.3) is 0 Å². The summed E-state index contributed by atoms with van der Waals surface area (Å²) in [5, 5.41) is 8.90. The fourth-order valence-electron chi connectivity index (χ4n) is 1.88. The standard InChI is InChI=1S/C17H22O6/c1-17(2,3)23-15(20)10-13(9-14(18)19)16(21)22-11-12-7-5-4-6-8-12/h4-8,13H,9-11H2,1-3H3,(H,18,19)/t13-/m0/s1. The molecule has 0 radical (unpaired) electrons. The molecule has 0 aliphatic rings. The summed E-state index contributed by atoms with van der Waals surface area (Å²) in [5.41, 5.74) is 0.0888. The van der Waals surface area contributed by atoms with Crippen LogP contribution in [0.3, 0.4) is 0 Å². The largest absolute Gasteiger partial charge is 0.481 e. The van der Waals surface area contributed by atoms with Gasteiger partial charge in [0.2, 0.25) is 0 Å². The Morgan fingerprint density at radius 3 is 2.22 bits per heavy atom. The highest BCUT2D eigenvalue weighted by Crippen LogP contribution is 2.17. The molecule has 0 bridgehead atoms. The highest BCUT2D eigenvalue weighted by molar-refractivity contribution is 5.84. The first-order valence-corrected chi connectivity index (χ1v) is 7.31. The molecule has 0 aliphatic heterocycles. The van der Waals surface area contributed by atoms with E-state index < -0.39 is 35.8 Å². The monoisotopic (exact) mass is 322 g/mol.